The summed E-state index contributed by atoms with van der Waals surface area (Å²) in [5.41, 5.74) is -2.21. The van der Waals surface area contributed by atoms with Gasteiger partial charge in [-0.3, -0.25) is 14.4 Å². The highest BCUT2D eigenvalue weighted by molar-refractivity contribution is 9.12. The highest BCUT2D eigenvalue weighted by Crippen LogP contribution is 2.44. The van der Waals surface area contributed by atoms with Crippen LogP contribution < -0.4 is 10.6 Å². The van der Waals surface area contributed by atoms with Gasteiger partial charge in [-0.2, -0.15) is 0 Å². The van der Waals surface area contributed by atoms with Crippen molar-refractivity contribution in [2.75, 3.05) is 20.2 Å². The van der Waals surface area contributed by atoms with E-state index in [2.05, 4.69) is 84.7 Å². The summed E-state index contributed by atoms with van der Waals surface area (Å²) in [7, 11) is 1.48. The normalized spacial score (nSPS) is 31.3. The average molecular weight is 818 g/mol. The molecule has 4 rings (SSSR count). The first-order valence-electron chi connectivity index (χ1n) is 12.3. The van der Waals surface area contributed by atoms with Gasteiger partial charge < -0.3 is 35.3 Å². The lowest BCUT2D eigenvalue weighted by molar-refractivity contribution is -0.124. The molecular weight excluding hydrogens is 792 g/mol. The molecule has 12 nitrogen and oxygen atoms in total. The number of rotatable bonds is 9. The minimum atomic E-state index is -1.29. The van der Waals surface area contributed by atoms with Crippen molar-refractivity contribution >= 4 is 92.7 Å². The number of hydrogen-bond acceptors (Lipinski definition) is 10. The number of nitrogens with one attached hydrogen (secondary N) is 2. The third-order valence-electron chi connectivity index (χ3n) is 6.83. The van der Waals surface area contributed by atoms with Gasteiger partial charge in [0, 0.05) is 25.9 Å². The number of unbranched alkanes of at least 4 members (excludes halogenated alkanes) is 2. The first kappa shape index (κ1) is 31.3. The number of allylic oxidation sites excluding steroid dienone is 2. The molecule has 40 heavy (non-hydrogen) atoms. The lowest BCUT2D eigenvalue weighted by Gasteiger charge is -2.34. The van der Waals surface area contributed by atoms with Crippen LogP contribution >= 0.6 is 63.7 Å². The van der Waals surface area contributed by atoms with Crippen LogP contribution in [-0.2, 0) is 28.8 Å². The largest absolute Gasteiger partial charge is 0.495 e. The van der Waals surface area contributed by atoms with Crippen molar-refractivity contribution in [2.45, 2.75) is 60.3 Å². The Hall–Kier alpha value is -1.59. The van der Waals surface area contributed by atoms with E-state index >= 15 is 0 Å². The van der Waals surface area contributed by atoms with Gasteiger partial charge >= 0.3 is 0 Å². The second-order valence-corrected chi connectivity index (χ2v) is 13.1. The Morgan fingerprint density at radius 1 is 0.975 bits per heavy atom. The highest BCUT2D eigenvalue weighted by atomic mass is 79.9. The molecule has 5 atom stereocenters. The number of hydrogen-bond donors (Lipinski definition) is 4. The summed E-state index contributed by atoms with van der Waals surface area (Å²) in [5.74, 6) is -0.679. The first-order chi connectivity index (χ1) is 18.9. The van der Waals surface area contributed by atoms with Gasteiger partial charge in [0.05, 0.1) is 20.6 Å². The summed E-state index contributed by atoms with van der Waals surface area (Å²) < 4.78 is 6.47. The fourth-order valence-electron chi connectivity index (χ4n) is 4.57. The van der Waals surface area contributed by atoms with E-state index in [1.807, 2.05) is 0 Å². The fourth-order valence-corrected chi connectivity index (χ4v) is 8.00. The number of aliphatic hydroxyl groups is 2. The summed E-state index contributed by atoms with van der Waals surface area (Å²) in [4.78, 5) is 47.1. The van der Waals surface area contributed by atoms with Gasteiger partial charge in [-0.25, -0.2) is 0 Å². The Labute approximate surface area is 263 Å². The maximum atomic E-state index is 12.6. The Morgan fingerprint density at radius 2 is 1.50 bits per heavy atom. The first-order valence-corrected chi connectivity index (χ1v) is 15.6. The van der Waals surface area contributed by atoms with E-state index in [0.717, 1.165) is 6.42 Å². The molecule has 2 amide bonds. The quantitative estimate of drug-likeness (QED) is 0.203. The van der Waals surface area contributed by atoms with Gasteiger partial charge in [0.25, 0.3) is 11.8 Å². The van der Waals surface area contributed by atoms with Crippen molar-refractivity contribution in [3.8, 4) is 0 Å². The van der Waals surface area contributed by atoms with Crippen molar-refractivity contribution < 1.29 is 39.0 Å². The topological polar surface area (TPSA) is 168 Å². The van der Waals surface area contributed by atoms with Crippen molar-refractivity contribution in [3.05, 3.63) is 31.4 Å². The lowest BCUT2D eigenvalue weighted by atomic mass is 9.83. The molecule has 2 aliphatic carbocycles. The monoisotopic (exact) mass is 814 g/mol. The van der Waals surface area contributed by atoms with Crippen LogP contribution in [0.3, 0.4) is 0 Å². The van der Waals surface area contributed by atoms with E-state index in [1.165, 1.54) is 13.2 Å². The van der Waals surface area contributed by atoms with Crippen molar-refractivity contribution in [1.29, 1.82) is 0 Å². The number of carbonyl (C=O) groups is 3. The van der Waals surface area contributed by atoms with E-state index in [1.54, 1.807) is 6.08 Å². The van der Waals surface area contributed by atoms with Crippen LogP contribution in [0.1, 0.15) is 32.1 Å². The molecule has 0 saturated carbocycles. The number of ether oxygens (including phenoxy) is 1. The summed E-state index contributed by atoms with van der Waals surface area (Å²) >= 11 is 13.1. The molecule has 0 bridgehead atoms. The zero-order valence-corrected chi connectivity index (χ0v) is 27.4. The number of carbonyl (C=O) groups excluding carboxylic acids is 3. The number of amides is 2. The maximum Gasteiger partial charge on any atom is 0.269 e. The zero-order chi connectivity index (χ0) is 29.2. The van der Waals surface area contributed by atoms with Gasteiger partial charge in [-0.15, -0.1) is 0 Å². The molecule has 0 radical (unpaired) electrons. The molecule has 2 spiro atoms. The number of oxime groups is 2. The van der Waals surface area contributed by atoms with Crippen molar-refractivity contribution in [3.63, 3.8) is 0 Å². The molecule has 218 valence electrons. The highest BCUT2D eigenvalue weighted by Gasteiger charge is 2.53. The van der Waals surface area contributed by atoms with E-state index in [0.29, 0.717) is 40.7 Å². The number of halogens is 4. The molecular formula is C24H26Br4N4O8. The zero-order valence-electron chi connectivity index (χ0n) is 21.1. The number of aliphatic hydroxyl groups excluding tert-OH is 2. The third-order valence-corrected chi connectivity index (χ3v) is 9.75. The Balaban J connectivity index is 1.14. The molecule has 0 aromatic heterocycles. The van der Waals surface area contributed by atoms with Crippen LogP contribution in [0.25, 0.3) is 0 Å². The van der Waals surface area contributed by atoms with Gasteiger partial charge in [-0.1, -0.05) is 26.2 Å². The van der Waals surface area contributed by atoms with E-state index in [-0.39, 0.29) is 40.4 Å². The molecule has 0 aromatic rings. The number of methoxy groups -OCH3 is 1. The molecule has 0 aromatic carbocycles. The Bertz CT molecular complexity index is 1250. The fraction of sp³-hybridized carbons (Fsp3) is 0.542. The van der Waals surface area contributed by atoms with Gasteiger partial charge in [0.1, 0.15) is 34.2 Å². The number of nitrogens with zero attached hydrogens (tertiary/aromatic N) is 2. The second kappa shape index (κ2) is 12.7. The van der Waals surface area contributed by atoms with Crippen molar-refractivity contribution in [2.24, 2.45) is 10.3 Å². The molecule has 2 heterocycles. The van der Waals surface area contributed by atoms with E-state index in [4.69, 9.17) is 14.4 Å². The van der Waals surface area contributed by atoms with Crippen LogP contribution in [0.5, 0.6) is 0 Å². The maximum absolute atomic E-state index is 12.6. The number of alkyl halides is 1. The van der Waals surface area contributed by atoms with Crippen LogP contribution in [-0.4, -0.2) is 87.7 Å². The van der Waals surface area contributed by atoms with Crippen LogP contribution in [0.2, 0.25) is 0 Å². The third kappa shape index (κ3) is 6.11. The molecule has 16 heteroatoms. The molecule has 0 saturated heterocycles. The minimum absolute atomic E-state index is 0.0238. The molecule has 0 fully saturated rings. The second-order valence-electron chi connectivity index (χ2n) is 9.57. The van der Waals surface area contributed by atoms with Crippen LogP contribution in [0.15, 0.2) is 41.7 Å². The number of ketones is 1. The minimum Gasteiger partial charge on any atom is -0.495 e. The number of Topliss-reactive ketones (excluding diaryl/α,β-unsaturated/α-hetero) is 1. The molecule has 4 N–H and O–H groups in total. The molecule has 4 aliphatic rings. The lowest BCUT2D eigenvalue weighted by Crippen LogP contribution is -2.52. The standard InChI is InChI=1S/C24H26Br4N4O8/c1-38-18-12(26)8-24(20(35)16(18)28)10-14(32-40-24)22(37)30-6-4-2-3-5-29-21(36)13-9-23(39-31-13)7-11(25)17(33)15(27)19(23)34/h7-8,15,19-20,34-35H,2-6,9-10H2,1H3,(H,29,36)(H,30,37)/t15-,19-,20-,23+,24+/m0/s1. The molecule has 0 unspecified atom stereocenters. The van der Waals surface area contributed by atoms with E-state index < -0.39 is 34.1 Å². The summed E-state index contributed by atoms with van der Waals surface area (Å²) in [6, 6.07) is 0. The predicted molar refractivity (Wildman–Crippen MR) is 158 cm³/mol. The van der Waals surface area contributed by atoms with E-state index in [9.17, 15) is 24.6 Å². The Kier molecular flexibility index (Phi) is 9.98. The van der Waals surface area contributed by atoms with Gasteiger partial charge in [0.15, 0.2) is 17.0 Å². The summed E-state index contributed by atoms with van der Waals surface area (Å²) in [6.07, 6.45) is 2.94. The van der Waals surface area contributed by atoms with Crippen LogP contribution in [0.4, 0.5) is 0 Å². The van der Waals surface area contributed by atoms with Crippen molar-refractivity contribution in [1.82, 2.24) is 10.6 Å². The Morgan fingerprint density at radius 3 is 2.08 bits per heavy atom. The predicted octanol–water partition coefficient (Wildman–Crippen LogP) is 2.31. The molecule has 2 aliphatic heterocycles. The smallest absolute Gasteiger partial charge is 0.269 e. The average Bonchev–Trinajstić information content (AvgIpc) is 3.55. The van der Waals surface area contributed by atoms with Gasteiger partial charge in [-0.05, 0) is 79.2 Å². The SMILES string of the molecule is COC1=C(Br)[C@H](O)[C@@]2(C=C1Br)CC(C(=O)NCCCCCNC(=O)C1=NO[C@]3(C=C(Br)C(=O)[C@H](Br)[C@@H]3O)C1)=NO2. The summed E-state index contributed by atoms with van der Waals surface area (Å²) in [6.45, 7) is 0.779. The van der Waals surface area contributed by atoms with Crippen LogP contribution in [0, 0.1) is 0 Å². The summed E-state index contributed by atoms with van der Waals surface area (Å²) in [5, 5.41) is 34.5. The van der Waals surface area contributed by atoms with Gasteiger partial charge in [0.2, 0.25) is 0 Å².